The zero-order valence-electron chi connectivity index (χ0n) is 11.6. The zero-order valence-corrected chi connectivity index (χ0v) is 13.1. The number of hydrogen-bond donors (Lipinski definition) is 1. The van der Waals surface area contributed by atoms with Crippen molar-refractivity contribution in [1.29, 1.82) is 0 Å². The maximum atomic E-state index is 11.5. The number of halogens is 2. The first-order chi connectivity index (χ1) is 9.29. The van der Waals surface area contributed by atoms with E-state index in [1.807, 2.05) is 30.5 Å². The van der Waals surface area contributed by atoms with Crippen molar-refractivity contribution in [2.24, 2.45) is 0 Å². The molecule has 1 N–H and O–H groups in total. The number of carbonyl (C=O) groups is 1. The Bertz CT molecular complexity index is 533. The number of nitrogens with zero attached hydrogens (tertiary/aromatic N) is 1. The summed E-state index contributed by atoms with van der Waals surface area (Å²) in [6.45, 7) is 2.88. The molecular formula is C15H16Cl2N2O2-2. The van der Waals surface area contributed by atoms with Gasteiger partial charge < -0.3 is 34.9 Å². The second kappa shape index (κ2) is 10.0. The van der Waals surface area contributed by atoms with Crippen molar-refractivity contribution in [2.75, 3.05) is 11.9 Å². The molecule has 0 radical (unpaired) electrons. The van der Waals surface area contributed by atoms with Gasteiger partial charge in [0.25, 0.3) is 0 Å². The fraction of sp³-hybridized carbons (Fsp3) is 0.200. The zero-order chi connectivity index (χ0) is 13.5. The topological polar surface area (TPSA) is 51.2 Å². The van der Waals surface area contributed by atoms with Gasteiger partial charge in [-0.3, -0.25) is 4.98 Å². The first kappa shape index (κ1) is 19.2. The summed E-state index contributed by atoms with van der Waals surface area (Å²) >= 11 is 0. The lowest BCUT2D eigenvalue weighted by Gasteiger charge is -2.07. The Balaban J connectivity index is 0.00000200. The minimum absolute atomic E-state index is 0. The summed E-state index contributed by atoms with van der Waals surface area (Å²) in [6.07, 6.45) is 3.57. The highest BCUT2D eigenvalue weighted by Crippen LogP contribution is 2.11. The summed E-state index contributed by atoms with van der Waals surface area (Å²) in [5.74, 6) is -0.290. The number of benzene rings is 1. The van der Waals surface area contributed by atoms with E-state index in [0.717, 1.165) is 11.3 Å². The molecule has 2 aromatic rings. The second-order valence-corrected chi connectivity index (χ2v) is 4.01. The standard InChI is InChI=1S/C15H16N2O2.2ClH/c1-2-19-15(18)13-5-7-14(8-6-13)17-11-12-4-3-9-16-10-12;;/h3-10,17H,2,11H2,1H3;2*1H/p-2. The SMILES string of the molecule is CCOC(=O)c1ccc(NCc2cccnc2)cc1.[Cl-].[Cl-]. The van der Waals surface area contributed by atoms with Crippen molar-refractivity contribution in [3.63, 3.8) is 0 Å². The van der Waals surface area contributed by atoms with E-state index in [1.54, 1.807) is 25.3 Å². The van der Waals surface area contributed by atoms with Crippen molar-refractivity contribution >= 4 is 11.7 Å². The smallest absolute Gasteiger partial charge is 0.338 e. The molecule has 0 saturated heterocycles. The van der Waals surface area contributed by atoms with Gasteiger partial charge in [0, 0.05) is 24.6 Å². The van der Waals surface area contributed by atoms with Gasteiger partial charge in [0.05, 0.1) is 12.2 Å². The van der Waals surface area contributed by atoms with Crippen molar-refractivity contribution in [3.8, 4) is 0 Å². The predicted molar refractivity (Wildman–Crippen MR) is 74.0 cm³/mol. The van der Waals surface area contributed by atoms with Crippen molar-refractivity contribution in [2.45, 2.75) is 13.5 Å². The lowest BCUT2D eigenvalue weighted by atomic mass is 10.2. The summed E-state index contributed by atoms with van der Waals surface area (Å²) in [5.41, 5.74) is 2.63. The van der Waals surface area contributed by atoms with E-state index >= 15 is 0 Å². The van der Waals surface area contributed by atoms with Gasteiger partial charge >= 0.3 is 5.97 Å². The molecule has 0 aliphatic rings. The Morgan fingerprint density at radius 1 is 1.19 bits per heavy atom. The number of aromatic nitrogens is 1. The maximum absolute atomic E-state index is 11.5. The average Bonchev–Trinajstić information content (AvgIpc) is 2.47. The number of rotatable bonds is 5. The minimum Gasteiger partial charge on any atom is -1.00 e. The van der Waals surface area contributed by atoms with E-state index in [4.69, 9.17) is 4.74 Å². The van der Waals surface area contributed by atoms with Crippen molar-refractivity contribution in [3.05, 3.63) is 59.9 Å². The Morgan fingerprint density at radius 3 is 2.48 bits per heavy atom. The van der Waals surface area contributed by atoms with E-state index in [2.05, 4.69) is 10.3 Å². The van der Waals surface area contributed by atoms with Crippen LogP contribution in [0.3, 0.4) is 0 Å². The molecule has 0 bridgehead atoms. The van der Waals surface area contributed by atoms with Crippen LogP contribution in [-0.2, 0) is 11.3 Å². The van der Waals surface area contributed by atoms with Gasteiger partial charge in [-0.1, -0.05) is 6.07 Å². The molecule has 1 aromatic heterocycles. The van der Waals surface area contributed by atoms with Crippen LogP contribution in [0.5, 0.6) is 0 Å². The number of anilines is 1. The summed E-state index contributed by atoms with van der Waals surface area (Å²) < 4.78 is 4.93. The summed E-state index contributed by atoms with van der Waals surface area (Å²) in [7, 11) is 0. The molecule has 6 heteroatoms. The van der Waals surface area contributed by atoms with Gasteiger partial charge in [-0.25, -0.2) is 4.79 Å². The molecule has 1 heterocycles. The van der Waals surface area contributed by atoms with Gasteiger partial charge in [0.1, 0.15) is 0 Å². The van der Waals surface area contributed by atoms with Crippen LogP contribution >= 0.6 is 0 Å². The molecule has 114 valence electrons. The summed E-state index contributed by atoms with van der Waals surface area (Å²) in [4.78, 5) is 15.5. The third-order valence-electron chi connectivity index (χ3n) is 2.62. The van der Waals surface area contributed by atoms with Crippen molar-refractivity contribution < 1.29 is 34.3 Å². The minimum atomic E-state index is -0.290. The van der Waals surface area contributed by atoms with Crippen LogP contribution in [-0.4, -0.2) is 17.6 Å². The summed E-state index contributed by atoms with van der Waals surface area (Å²) in [5, 5.41) is 3.27. The van der Waals surface area contributed by atoms with E-state index in [-0.39, 0.29) is 30.8 Å². The molecular weight excluding hydrogens is 311 g/mol. The molecule has 2 rings (SSSR count). The molecule has 1 aromatic carbocycles. The lowest BCUT2D eigenvalue weighted by Crippen LogP contribution is -3.00. The van der Waals surface area contributed by atoms with Crippen LogP contribution < -0.4 is 30.1 Å². The molecule has 0 fully saturated rings. The third kappa shape index (κ3) is 6.02. The Labute approximate surface area is 136 Å². The van der Waals surface area contributed by atoms with E-state index in [1.165, 1.54) is 0 Å². The van der Waals surface area contributed by atoms with Crippen LogP contribution in [0.15, 0.2) is 48.8 Å². The average molecular weight is 327 g/mol. The van der Waals surface area contributed by atoms with Gasteiger partial charge in [-0.15, -0.1) is 0 Å². The second-order valence-electron chi connectivity index (χ2n) is 4.01. The van der Waals surface area contributed by atoms with Gasteiger partial charge in [-0.2, -0.15) is 0 Å². The number of hydrogen-bond acceptors (Lipinski definition) is 4. The molecule has 4 nitrogen and oxygen atoms in total. The highest BCUT2D eigenvalue weighted by atomic mass is 35.5. The first-order valence-electron chi connectivity index (χ1n) is 6.19. The largest absolute Gasteiger partial charge is 1.00 e. The Kier molecular flexibility index (Phi) is 9.17. The van der Waals surface area contributed by atoms with Crippen LogP contribution in [0, 0.1) is 0 Å². The fourth-order valence-corrected chi connectivity index (χ4v) is 1.65. The fourth-order valence-electron chi connectivity index (χ4n) is 1.65. The van der Waals surface area contributed by atoms with Crippen LogP contribution in [0.4, 0.5) is 5.69 Å². The Hall–Kier alpha value is -1.78. The van der Waals surface area contributed by atoms with Crippen molar-refractivity contribution in [1.82, 2.24) is 4.98 Å². The number of ether oxygens (including phenoxy) is 1. The van der Waals surface area contributed by atoms with Gasteiger partial charge in [0.2, 0.25) is 0 Å². The highest BCUT2D eigenvalue weighted by Gasteiger charge is 2.05. The third-order valence-corrected chi connectivity index (χ3v) is 2.62. The molecule has 0 aliphatic carbocycles. The molecule has 21 heavy (non-hydrogen) atoms. The van der Waals surface area contributed by atoms with E-state index in [9.17, 15) is 4.79 Å². The maximum Gasteiger partial charge on any atom is 0.338 e. The van der Waals surface area contributed by atoms with E-state index < -0.39 is 0 Å². The van der Waals surface area contributed by atoms with Gasteiger partial charge in [-0.05, 0) is 42.8 Å². The van der Waals surface area contributed by atoms with E-state index in [0.29, 0.717) is 18.7 Å². The number of pyridine rings is 1. The van der Waals surface area contributed by atoms with Gasteiger partial charge in [0.15, 0.2) is 0 Å². The van der Waals surface area contributed by atoms with Crippen LogP contribution in [0.2, 0.25) is 0 Å². The predicted octanol–water partition coefficient (Wildman–Crippen LogP) is -3.12. The number of nitrogens with one attached hydrogen (secondary N) is 1. The quantitative estimate of drug-likeness (QED) is 0.591. The van der Waals surface area contributed by atoms with Crippen LogP contribution in [0.1, 0.15) is 22.8 Å². The normalized spacial score (nSPS) is 9.00. The molecule has 0 amide bonds. The first-order valence-corrected chi connectivity index (χ1v) is 6.19. The number of esters is 1. The molecule has 0 spiro atoms. The molecule has 0 unspecified atom stereocenters. The van der Waals surface area contributed by atoms with Crippen LogP contribution in [0.25, 0.3) is 0 Å². The molecule has 0 saturated carbocycles. The lowest BCUT2D eigenvalue weighted by molar-refractivity contribution is -0.001000. The molecule has 0 aliphatic heterocycles. The number of carbonyl (C=O) groups excluding carboxylic acids is 1. The Morgan fingerprint density at radius 2 is 1.90 bits per heavy atom. The highest BCUT2D eigenvalue weighted by molar-refractivity contribution is 5.89. The molecule has 0 atom stereocenters. The summed E-state index contributed by atoms with van der Waals surface area (Å²) in [6, 6.07) is 11.1. The monoisotopic (exact) mass is 326 g/mol.